The Kier molecular flexibility index (Phi) is 8.95. The normalized spacial score (nSPS) is 23.9. The Hall–Kier alpha value is -2.09. The Morgan fingerprint density at radius 1 is 1.14 bits per heavy atom. The molecule has 162 valence electrons. The van der Waals surface area contributed by atoms with Gasteiger partial charge in [-0.15, -0.1) is 0 Å². The molecule has 0 bridgehead atoms. The van der Waals surface area contributed by atoms with E-state index in [0.717, 1.165) is 25.7 Å². The van der Waals surface area contributed by atoms with Crippen LogP contribution in [0.15, 0.2) is 11.1 Å². The van der Waals surface area contributed by atoms with Crippen molar-refractivity contribution in [1.82, 2.24) is 14.5 Å². The van der Waals surface area contributed by atoms with Crippen LogP contribution in [0, 0.1) is 18.8 Å². The first-order valence-corrected chi connectivity index (χ1v) is 10.6. The Labute approximate surface area is 172 Å². The van der Waals surface area contributed by atoms with Crippen LogP contribution >= 0.6 is 0 Å². The summed E-state index contributed by atoms with van der Waals surface area (Å²) in [5.74, 6) is 0.664. The van der Waals surface area contributed by atoms with Crippen LogP contribution in [0.4, 0.5) is 0 Å². The predicted octanol–water partition coefficient (Wildman–Crippen LogP) is 2.98. The van der Waals surface area contributed by atoms with Crippen LogP contribution in [-0.4, -0.2) is 39.0 Å². The summed E-state index contributed by atoms with van der Waals surface area (Å²) in [5, 5.41) is 0. The van der Waals surface area contributed by atoms with Crippen LogP contribution in [0.1, 0.15) is 77.8 Å². The fourth-order valence-electron chi connectivity index (χ4n) is 3.50. The number of unbranched alkanes of at least 4 members (excludes halogenated alkanes) is 3. The molecule has 0 aliphatic carbocycles. The second kappa shape index (κ2) is 11.2. The number of aryl methyl sites for hydroxylation is 1. The molecule has 1 aromatic heterocycles. The highest BCUT2D eigenvalue weighted by atomic mass is 16.6. The summed E-state index contributed by atoms with van der Waals surface area (Å²) in [6.07, 6.45) is 5.83. The number of hydrogen-bond donors (Lipinski definition) is 0. The molecule has 0 spiro atoms. The largest absolute Gasteiger partial charge is 0.463 e. The second-order valence-corrected chi connectivity index (χ2v) is 7.87. The molecule has 1 aromatic rings. The third kappa shape index (κ3) is 6.73. The Morgan fingerprint density at radius 3 is 2.48 bits per heavy atom. The van der Waals surface area contributed by atoms with E-state index in [-0.39, 0.29) is 36.2 Å². The fraction of sp³-hybridized carbons (Fsp3) is 0.762. The molecular formula is C21H33N3O5. The number of nitrogens with zero attached hydrogens (tertiary/aromatic N) is 3. The van der Waals surface area contributed by atoms with Gasteiger partial charge in [0.25, 0.3) is 0 Å². The number of hydrogen-bond acceptors (Lipinski definition) is 7. The lowest BCUT2D eigenvalue weighted by Crippen LogP contribution is -2.30. The van der Waals surface area contributed by atoms with Gasteiger partial charge in [0.05, 0.1) is 6.10 Å². The van der Waals surface area contributed by atoms with Gasteiger partial charge in [0.1, 0.15) is 30.8 Å². The van der Waals surface area contributed by atoms with Crippen molar-refractivity contribution < 1.29 is 19.1 Å². The highest BCUT2D eigenvalue weighted by molar-refractivity contribution is 5.77. The van der Waals surface area contributed by atoms with Gasteiger partial charge in [0.2, 0.25) is 0 Å². The van der Waals surface area contributed by atoms with Crippen molar-refractivity contribution in [3.63, 3.8) is 0 Å². The molecule has 1 saturated heterocycles. The standard InChI is InChI=1S/C21H33N3O5/c1-5-17(25)10-8-6-7-9-11-19(26)28-12-18-14(2)15(3)20(29-18)24-13-22-16(4)23-21(24)27/h13-15,18,20H,5-12H2,1-4H3. The average molecular weight is 408 g/mol. The van der Waals surface area contributed by atoms with Gasteiger partial charge in [0, 0.05) is 25.2 Å². The molecule has 2 heterocycles. The molecule has 4 atom stereocenters. The first-order valence-electron chi connectivity index (χ1n) is 10.6. The fourth-order valence-corrected chi connectivity index (χ4v) is 3.50. The Morgan fingerprint density at radius 2 is 1.83 bits per heavy atom. The van der Waals surface area contributed by atoms with Gasteiger partial charge in [-0.2, -0.15) is 4.98 Å². The number of rotatable bonds is 11. The minimum atomic E-state index is -0.465. The average Bonchev–Trinajstić information content (AvgIpc) is 2.97. The van der Waals surface area contributed by atoms with Gasteiger partial charge >= 0.3 is 11.7 Å². The molecule has 1 aliphatic rings. The molecule has 0 saturated carbocycles. The minimum absolute atomic E-state index is 0.0635. The highest BCUT2D eigenvalue weighted by Crippen LogP contribution is 2.38. The van der Waals surface area contributed by atoms with Crippen molar-refractivity contribution in [2.75, 3.05) is 6.61 Å². The van der Waals surface area contributed by atoms with Gasteiger partial charge in [-0.3, -0.25) is 14.2 Å². The van der Waals surface area contributed by atoms with Crippen molar-refractivity contribution in [2.45, 2.75) is 85.0 Å². The number of ketones is 1. The molecular weight excluding hydrogens is 374 g/mol. The van der Waals surface area contributed by atoms with E-state index in [1.54, 1.807) is 6.92 Å². The molecule has 1 fully saturated rings. The van der Waals surface area contributed by atoms with Crippen LogP contribution in [0.5, 0.6) is 0 Å². The zero-order valence-corrected chi connectivity index (χ0v) is 17.9. The molecule has 0 radical (unpaired) electrons. The zero-order valence-electron chi connectivity index (χ0n) is 17.9. The van der Waals surface area contributed by atoms with Crippen molar-refractivity contribution in [1.29, 1.82) is 0 Å². The number of carbonyl (C=O) groups is 2. The lowest BCUT2D eigenvalue weighted by molar-refractivity contribution is -0.149. The smallest absolute Gasteiger partial charge is 0.352 e. The van der Waals surface area contributed by atoms with Gasteiger partial charge in [-0.05, 0) is 25.7 Å². The van der Waals surface area contributed by atoms with Gasteiger partial charge in [-0.25, -0.2) is 9.78 Å². The van der Waals surface area contributed by atoms with Crippen molar-refractivity contribution in [2.24, 2.45) is 11.8 Å². The second-order valence-electron chi connectivity index (χ2n) is 7.87. The quantitative estimate of drug-likeness (QED) is 0.410. The molecule has 0 amide bonds. The predicted molar refractivity (Wildman–Crippen MR) is 107 cm³/mol. The number of carbonyl (C=O) groups excluding carboxylic acids is 2. The minimum Gasteiger partial charge on any atom is -0.463 e. The van der Waals surface area contributed by atoms with E-state index in [0.29, 0.717) is 30.9 Å². The van der Waals surface area contributed by atoms with E-state index >= 15 is 0 Å². The summed E-state index contributed by atoms with van der Waals surface area (Å²) in [6, 6.07) is 0. The molecule has 0 N–H and O–H groups in total. The first kappa shape index (κ1) is 23.2. The molecule has 29 heavy (non-hydrogen) atoms. The third-order valence-electron chi connectivity index (χ3n) is 5.69. The lowest BCUT2D eigenvalue weighted by Gasteiger charge is -2.17. The number of esters is 1. The molecule has 0 aromatic carbocycles. The SMILES string of the molecule is CCC(=O)CCCCCCC(=O)OCC1OC(n2cnc(C)nc2=O)C(C)C1C. The van der Waals surface area contributed by atoms with Crippen molar-refractivity contribution >= 4 is 11.8 Å². The van der Waals surface area contributed by atoms with Crippen molar-refractivity contribution in [3.05, 3.63) is 22.6 Å². The van der Waals surface area contributed by atoms with E-state index < -0.39 is 6.23 Å². The van der Waals surface area contributed by atoms with E-state index in [1.165, 1.54) is 10.9 Å². The molecule has 4 unspecified atom stereocenters. The van der Waals surface area contributed by atoms with E-state index in [1.807, 2.05) is 20.8 Å². The summed E-state index contributed by atoms with van der Waals surface area (Å²) < 4.78 is 12.8. The highest BCUT2D eigenvalue weighted by Gasteiger charge is 2.41. The number of Topliss-reactive ketones (excluding diaryl/α,β-unsaturated/α-hetero) is 1. The Bertz CT molecular complexity index is 748. The maximum absolute atomic E-state index is 12.1. The van der Waals surface area contributed by atoms with Gasteiger partial charge < -0.3 is 9.47 Å². The van der Waals surface area contributed by atoms with Crippen LogP contribution in [0.25, 0.3) is 0 Å². The van der Waals surface area contributed by atoms with Crippen LogP contribution in [0.2, 0.25) is 0 Å². The summed E-state index contributed by atoms with van der Waals surface area (Å²) in [6.45, 7) is 7.75. The van der Waals surface area contributed by atoms with Crippen molar-refractivity contribution in [3.8, 4) is 0 Å². The monoisotopic (exact) mass is 407 g/mol. The zero-order chi connectivity index (χ0) is 21.4. The maximum atomic E-state index is 12.1. The molecule has 2 rings (SSSR count). The molecule has 1 aliphatic heterocycles. The van der Waals surface area contributed by atoms with Crippen LogP contribution < -0.4 is 5.69 Å². The van der Waals surface area contributed by atoms with Crippen LogP contribution in [-0.2, 0) is 19.1 Å². The third-order valence-corrected chi connectivity index (χ3v) is 5.69. The Balaban J connectivity index is 1.73. The summed E-state index contributed by atoms with van der Waals surface area (Å²) in [5.41, 5.74) is -0.389. The molecule has 8 heteroatoms. The van der Waals surface area contributed by atoms with E-state index in [9.17, 15) is 14.4 Å². The summed E-state index contributed by atoms with van der Waals surface area (Å²) in [4.78, 5) is 43.3. The first-order chi connectivity index (χ1) is 13.8. The van der Waals surface area contributed by atoms with E-state index in [2.05, 4.69) is 9.97 Å². The lowest BCUT2D eigenvalue weighted by atomic mass is 9.93. The molecule has 8 nitrogen and oxygen atoms in total. The number of ether oxygens (including phenoxy) is 2. The summed E-state index contributed by atoms with van der Waals surface area (Å²) in [7, 11) is 0. The summed E-state index contributed by atoms with van der Waals surface area (Å²) >= 11 is 0. The van der Waals surface area contributed by atoms with E-state index in [4.69, 9.17) is 9.47 Å². The van der Waals surface area contributed by atoms with Gasteiger partial charge in [-0.1, -0.05) is 33.6 Å². The van der Waals surface area contributed by atoms with Crippen LogP contribution in [0.3, 0.4) is 0 Å². The number of aromatic nitrogens is 3. The maximum Gasteiger partial charge on any atom is 0.352 e. The topological polar surface area (TPSA) is 100 Å². The van der Waals surface area contributed by atoms with Gasteiger partial charge in [0.15, 0.2) is 0 Å².